The number of aromatic nitrogens is 3. The van der Waals surface area contributed by atoms with Gasteiger partial charge in [-0.2, -0.15) is 10.1 Å². The summed E-state index contributed by atoms with van der Waals surface area (Å²) in [5.41, 5.74) is 2.64. The molecule has 0 radical (unpaired) electrons. The second kappa shape index (κ2) is 8.43. The molecule has 1 aliphatic carbocycles. The van der Waals surface area contributed by atoms with E-state index in [0.717, 1.165) is 31.0 Å². The summed E-state index contributed by atoms with van der Waals surface area (Å²) in [4.78, 5) is 6.68. The fourth-order valence-electron chi connectivity index (χ4n) is 3.02. The molecule has 0 fully saturated rings. The van der Waals surface area contributed by atoms with Crippen LogP contribution in [0.25, 0.3) is 0 Å². The maximum atomic E-state index is 4.62. The average molecular weight is 323 g/mol. The zero-order chi connectivity index (χ0) is 16.6. The maximum Gasteiger partial charge on any atom is 0.251 e. The summed E-state index contributed by atoms with van der Waals surface area (Å²) in [5, 5.41) is 11.7. The molecule has 2 aromatic rings. The molecule has 0 aliphatic heterocycles. The summed E-state index contributed by atoms with van der Waals surface area (Å²) < 4.78 is 0. The first-order valence-corrected chi connectivity index (χ1v) is 8.81. The molecule has 0 saturated heterocycles. The van der Waals surface area contributed by atoms with Crippen molar-refractivity contribution < 1.29 is 0 Å². The second-order valence-electron chi connectivity index (χ2n) is 6.01. The topological polar surface area (TPSA) is 53.9 Å². The van der Waals surface area contributed by atoms with Gasteiger partial charge in [0, 0.05) is 18.8 Å². The Hall–Kier alpha value is -2.43. The van der Waals surface area contributed by atoms with Gasteiger partial charge in [-0.1, -0.05) is 29.8 Å². The third-order valence-corrected chi connectivity index (χ3v) is 4.31. The van der Waals surface area contributed by atoms with E-state index in [1.54, 1.807) is 11.8 Å². The molecular formula is C19H25N5. The number of rotatable bonds is 7. The van der Waals surface area contributed by atoms with Crippen LogP contribution >= 0.6 is 0 Å². The van der Waals surface area contributed by atoms with Crippen LogP contribution in [0.1, 0.15) is 39.0 Å². The zero-order valence-electron chi connectivity index (χ0n) is 14.3. The minimum Gasteiger partial charge on any atom is -0.368 e. The lowest BCUT2D eigenvalue weighted by atomic mass is 9.97. The molecule has 126 valence electrons. The van der Waals surface area contributed by atoms with E-state index in [4.69, 9.17) is 0 Å². The molecule has 3 rings (SSSR count). The number of nitrogens with zero attached hydrogens (tertiary/aromatic N) is 4. The largest absolute Gasteiger partial charge is 0.368 e. The van der Waals surface area contributed by atoms with Crippen molar-refractivity contribution in [1.82, 2.24) is 15.2 Å². The minimum atomic E-state index is 0.630. The van der Waals surface area contributed by atoms with Gasteiger partial charge in [-0.15, -0.1) is 5.10 Å². The molecule has 1 aliphatic rings. The minimum absolute atomic E-state index is 0.630. The molecule has 0 unspecified atom stereocenters. The van der Waals surface area contributed by atoms with E-state index in [0.29, 0.717) is 5.95 Å². The monoisotopic (exact) mass is 323 g/mol. The fraction of sp³-hybridized carbons (Fsp3) is 0.421. The molecule has 1 aromatic carbocycles. The molecule has 0 saturated carbocycles. The standard InChI is InChI=1S/C19H25N5/c1-2-24(17-11-7-4-8-12-17)19-22-18(15-21-23-19)20-14-13-16-9-5-3-6-10-16/h4,7-9,11-12,15H,2-3,5-6,10,13-14H2,1H3,(H,20,22,23). The molecule has 5 nitrogen and oxygen atoms in total. The Morgan fingerprint density at radius 2 is 2.04 bits per heavy atom. The number of nitrogens with one attached hydrogen (secondary N) is 1. The SMILES string of the molecule is CCN(c1ccccc1)c1nncc(NCCC2=CCCCC2)n1. The molecule has 0 amide bonds. The number of anilines is 3. The highest BCUT2D eigenvalue weighted by Crippen LogP contribution is 2.22. The first-order chi connectivity index (χ1) is 11.9. The van der Waals surface area contributed by atoms with Gasteiger partial charge in [0.25, 0.3) is 5.95 Å². The number of hydrogen-bond donors (Lipinski definition) is 1. The predicted molar refractivity (Wildman–Crippen MR) is 98.6 cm³/mol. The number of hydrogen-bond acceptors (Lipinski definition) is 5. The molecule has 24 heavy (non-hydrogen) atoms. The van der Waals surface area contributed by atoms with Crippen LogP contribution in [0.2, 0.25) is 0 Å². The Morgan fingerprint density at radius 1 is 1.17 bits per heavy atom. The summed E-state index contributed by atoms with van der Waals surface area (Å²) in [6, 6.07) is 10.2. The van der Waals surface area contributed by atoms with Crippen molar-refractivity contribution in [2.24, 2.45) is 0 Å². The van der Waals surface area contributed by atoms with Crippen LogP contribution in [0, 0.1) is 0 Å². The van der Waals surface area contributed by atoms with Crippen LogP contribution in [0.15, 0.2) is 48.2 Å². The molecule has 1 heterocycles. The lowest BCUT2D eigenvalue weighted by Gasteiger charge is -2.20. The van der Waals surface area contributed by atoms with Crippen molar-refractivity contribution in [2.75, 3.05) is 23.3 Å². The van der Waals surface area contributed by atoms with Crippen molar-refractivity contribution in [3.8, 4) is 0 Å². The van der Waals surface area contributed by atoms with E-state index in [2.05, 4.69) is 50.5 Å². The summed E-state index contributed by atoms with van der Waals surface area (Å²) in [7, 11) is 0. The highest BCUT2D eigenvalue weighted by molar-refractivity contribution is 5.57. The van der Waals surface area contributed by atoms with Gasteiger partial charge in [0.15, 0.2) is 5.82 Å². The van der Waals surface area contributed by atoms with Crippen LogP contribution in [-0.2, 0) is 0 Å². The van der Waals surface area contributed by atoms with E-state index in [1.807, 2.05) is 18.2 Å². The third kappa shape index (κ3) is 4.31. The predicted octanol–water partition coefficient (Wildman–Crippen LogP) is 4.33. The Labute approximate surface area is 143 Å². The van der Waals surface area contributed by atoms with Crippen molar-refractivity contribution in [1.29, 1.82) is 0 Å². The van der Waals surface area contributed by atoms with Crippen molar-refractivity contribution in [3.05, 3.63) is 48.2 Å². The Kier molecular flexibility index (Phi) is 5.77. The van der Waals surface area contributed by atoms with Crippen molar-refractivity contribution in [3.63, 3.8) is 0 Å². The number of allylic oxidation sites excluding steroid dienone is 1. The molecule has 0 bridgehead atoms. The first kappa shape index (κ1) is 16.4. The van der Waals surface area contributed by atoms with Crippen molar-refractivity contribution >= 4 is 17.5 Å². The van der Waals surface area contributed by atoms with Crippen LogP contribution in [0.3, 0.4) is 0 Å². The lowest BCUT2D eigenvalue weighted by Crippen LogP contribution is -2.20. The Morgan fingerprint density at radius 3 is 2.79 bits per heavy atom. The van der Waals surface area contributed by atoms with Crippen molar-refractivity contribution in [2.45, 2.75) is 39.0 Å². The molecule has 1 N–H and O–H groups in total. The number of benzene rings is 1. The first-order valence-electron chi connectivity index (χ1n) is 8.81. The van der Waals surface area contributed by atoms with Gasteiger partial charge in [-0.3, -0.25) is 0 Å². The second-order valence-corrected chi connectivity index (χ2v) is 6.01. The van der Waals surface area contributed by atoms with E-state index in [1.165, 1.54) is 25.7 Å². The van der Waals surface area contributed by atoms with E-state index < -0.39 is 0 Å². The lowest BCUT2D eigenvalue weighted by molar-refractivity contribution is 0.679. The quantitative estimate of drug-likeness (QED) is 0.769. The third-order valence-electron chi connectivity index (χ3n) is 4.31. The van der Waals surface area contributed by atoms with Crippen LogP contribution < -0.4 is 10.2 Å². The van der Waals surface area contributed by atoms with Gasteiger partial charge >= 0.3 is 0 Å². The van der Waals surface area contributed by atoms with Crippen LogP contribution in [0.5, 0.6) is 0 Å². The number of para-hydroxylation sites is 1. The van der Waals surface area contributed by atoms with Gasteiger partial charge in [0.2, 0.25) is 0 Å². The molecule has 1 aromatic heterocycles. The maximum absolute atomic E-state index is 4.62. The molecule has 0 atom stereocenters. The highest BCUT2D eigenvalue weighted by atomic mass is 15.3. The Balaban J connectivity index is 1.64. The van der Waals surface area contributed by atoms with E-state index in [9.17, 15) is 0 Å². The van der Waals surface area contributed by atoms with E-state index in [-0.39, 0.29) is 0 Å². The van der Waals surface area contributed by atoms with Gasteiger partial charge in [-0.05, 0) is 51.2 Å². The van der Waals surface area contributed by atoms with Gasteiger partial charge < -0.3 is 10.2 Å². The normalized spacial score (nSPS) is 14.1. The molecular weight excluding hydrogens is 298 g/mol. The summed E-state index contributed by atoms with van der Waals surface area (Å²) >= 11 is 0. The average Bonchev–Trinajstić information content (AvgIpc) is 2.65. The van der Waals surface area contributed by atoms with Gasteiger partial charge in [0.05, 0.1) is 6.20 Å². The zero-order valence-corrected chi connectivity index (χ0v) is 14.3. The molecule has 0 spiro atoms. The fourth-order valence-corrected chi connectivity index (χ4v) is 3.02. The van der Waals surface area contributed by atoms with Gasteiger partial charge in [-0.25, -0.2) is 0 Å². The Bertz CT molecular complexity index is 668. The highest BCUT2D eigenvalue weighted by Gasteiger charge is 2.11. The summed E-state index contributed by atoms with van der Waals surface area (Å²) in [6.07, 6.45) is 10.3. The molecule has 5 heteroatoms. The smallest absolute Gasteiger partial charge is 0.251 e. The van der Waals surface area contributed by atoms with Gasteiger partial charge in [0.1, 0.15) is 0 Å². The van der Waals surface area contributed by atoms with E-state index >= 15 is 0 Å². The summed E-state index contributed by atoms with van der Waals surface area (Å²) in [6.45, 7) is 3.77. The van der Waals surface area contributed by atoms with Crippen LogP contribution in [-0.4, -0.2) is 28.3 Å². The van der Waals surface area contributed by atoms with Crippen LogP contribution in [0.4, 0.5) is 17.5 Å². The summed E-state index contributed by atoms with van der Waals surface area (Å²) in [5.74, 6) is 1.41.